The average Bonchev–Trinajstić information content (AvgIpc) is 1.84. The fourth-order valence-electron chi connectivity index (χ4n) is 0.112. The zero-order chi connectivity index (χ0) is 11.1. The fraction of sp³-hybridized carbons (Fsp3) is 1.00. The minimum Gasteiger partial charge on any atom is -0.366 e. The molecule has 13 heavy (non-hydrogen) atoms. The molecule has 0 aliphatic carbocycles. The third kappa shape index (κ3) is 24.5. The minimum absolute atomic E-state index is 0.202. The number of rotatable bonds is 2. The summed E-state index contributed by atoms with van der Waals surface area (Å²) >= 11 is 0. The smallest absolute Gasteiger partial charge is 0.366 e. The molecule has 82 valence electrons. The van der Waals surface area contributed by atoms with E-state index in [1.54, 1.807) is 0 Å². The summed E-state index contributed by atoms with van der Waals surface area (Å²) in [6.07, 6.45) is 1.27. The van der Waals surface area contributed by atoms with Crippen molar-refractivity contribution in [2.45, 2.75) is 34.1 Å². The van der Waals surface area contributed by atoms with Crippen molar-refractivity contribution in [2.75, 3.05) is 0 Å². The molecule has 0 atom stereocenters. The Hall–Kier alpha value is 0.234. The fourth-order valence-corrected chi connectivity index (χ4v) is 1.01. The van der Waals surface area contributed by atoms with Crippen LogP contribution in [0.15, 0.2) is 0 Å². The summed E-state index contributed by atoms with van der Waals surface area (Å²) in [4.78, 5) is 23.8. The topological polar surface area (TPSA) is 79.2 Å². The highest BCUT2D eigenvalue weighted by molar-refractivity contribution is 6.48. The van der Waals surface area contributed by atoms with E-state index in [0.717, 1.165) is 0 Å². The van der Waals surface area contributed by atoms with E-state index in [2.05, 4.69) is 36.8 Å². The molecule has 7 heteroatoms. The molecule has 0 aliphatic heterocycles. The van der Waals surface area contributed by atoms with E-state index in [9.17, 15) is 0 Å². The molecule has 0 amide bonds. The third-order valence-corrected chi connectivity index (χ3v) is 2.15. The van der Waals surface area contributed by atoms with Gasteiger partial charge >= 0.3 is 9.05 Å². The van der Waals surface area contributed by atoms with E-state index < -0.39 is 9.05 Å². The maximum Gasteiger partial charge on any atom is 0.698 e. The Morgan fingerprint density at radius 2 is 1.54 bits per heavy atom. The molecular weight excluding hydrogens is 208 g/mol. The zero-order valence-corrected chi connectivity index (χ0v) is 11.9. The van der Waals surface area contributed by atoms with E-state index in [1.807, 2.05) is 0 Å². The van der Waals surface area contributed by atoms with Crippen LogP contribution in [0.4, 0.5) is 0 Å². The first-order chi connectivity index (χ1) is 5.62. The lowest BCUT2D eigenvalue weighted by atomic mass is 9.94. The number of hydrogen-bond donors (Lipinski definition) is 3. The van der Waals surface area contributed by atoms with Crippen molar-refractivity contribution in [3.05, 3.63) is 0 Å². The first kappa shape index (κ1) is 15.7. The molecule has 0 heterocycles. The van der Waals surface area contributed by atoms with Crippen LogP contribution in [-0.4, -0.2) is 33.9 Å². The first-order valence-electron chi connectivity index (χ1n) is 4.01. The van der Waals surface area contributed by atoms with Crippen molar-refractivity contribution < 1.29 is 23.5 Å². The minimum atomic E-state index is -4.34. The van der Waals surface area contributed by atoms with Gasteiger partial charge in [0, 0.05) is 0 Å². The van der Waals surface area contributed by atoms with Gasteiger partial charge in [0.1, 0.15) is 0 Å². The van der Waals surface area contributed by atoms with Crippen LogP contribution in [0.5, 0.6) is 0 Å². The maximum absolute atomic E-state index is 7.94. The van der Waals surface area contributed by atoms with Gasteiger partial charge in [-0.25, -0.2) is 4.58 Å². The summed E-state index contributed by atoms with van der Waals surface area (Å²) in [5.74, 6) is 0. The lowest BCUT2D eigenvalue weighted by Crippen LogP contribution is -2.38. The van der Waals surface area contributed by atoms with E-state index >= 15 is 0 Å². The van der Waals surface area contributed by atoms with Gasteiger partial charge in [0.05, 0.1) is 0 Å². The van der Waals surface area contributed by atoms with Crippen molar-refractivity contribution in [2.24, 2.45) is 5.41 Å². The van der Waals surface area contributed by atoms with E-state index in [4.69, 9.17) is 14.4 Å². The SMILES string of the molecule is CCC(C)(C)C.O[Si](O)(O)OO[SiH3]. The molecule has 0 aromatic heterocycles. The van der Waals surface area contributed by atoms with Crippen LogP contribution in [-0.2, 0) is 9.15 Å². The molecule has 0 saturated carbocycles. The molecule has 3 N–H and O–H groups in total. The van der Waals surface area contributed by atoms with Crippen LogP contribution in [0.2, 0.25) is 0 Å². The quantitative estimate of drug-likeness (QED) is 0.323. The van der Waals surface area contributed by atoms with Gasteiger partial charge in [-0.05, 0) is 5.41 Å². The summed E-state index contributed by atoms with van der Waals surface area (Å²) in [7, 11) is -4.14. The molecule has 0 bridgehead atoms. The summed E-state index contributed by atoms with van der Waals surface area (Å²) in [5.41, 5.74) is 0.542. The van der Waals surface area contributed by atoms with Crippen molar-refractivity contribution >= 4 is 19.5 Å². The van der Waals surface area contributed by atoms with Crippen molar-refractivity contribution in [1.29, 1.82) is 0 Å². The Bertz CT molecular complexity index is 117. The van der Waals surface area contributed by atoms with Crippen LogP contribution < -0.4 is 0 Å². The third-order valence-electron chi connectivity index (χ3n) is 1.26. The highest BCUT2D eigenvalue weighted by Crippen LogP contribution is 2.16. The molecule has 0 saturated heterocycles. The molecule has 0 aromatic rings. The lowest BCUT2D eigenvalue weighted by Gasteiger charge is -2.12. The highest BCUT2D eigenvalue weighted by Gasteiger charge is 2.31. The molecule has 0 unspecified atom stereocenters. The molecule has 0 radical (unpaired) electrons. The molecule has 0 spiro atoms. The molecule has 0 aliphatic rings. The largest absolute Gasteiger partial charge is 0.698 e. The van der Waals surface area contributed by atoms with Crippen LogP contribution in [0, 0.1) is 5.41 Å². The van der Waals surface area contributed by atoms with Gasteiger partial charge < -0.3 is 19.0 Å². The van der Waals surface area contributed by atoms with E-state index in [0.29, 0.717) is 5.41 Å². The van der Waals surface area contributed by atoms with Gasteiger partial charge in [0.25, 0.3) is 0 Å². The maximum atomic E-state index is 7.94. The second-order valence-corrected chi connectivity index (χ2v) is 5.39. The monoisotopic (exact) mass is 228 g/mol. The van der Waals surface area contributed by atoms with E-state index in [-0.39, 0.29) is 10.5 Å². The van der Waals surface area contributed by atoms with Crippen molar-refractivity contribution in [3.63, 3.8) is 0 Å². The Morgan fingerprint density at radius 3 is 1.54 bits per heavy atom. The second kappa shape index (κ2) is 6.65. The Kier molecular flexibility index (Phi) is 8.03. The second-order valence-electron chi connectivity index (χ2n) is 3.74. The summed E-state index contributed by atoms with van der Waals surface area (Å²) in [5, 5.41) is 0. The van der Waals surface area contributed by atoms with Crippen LogP contribution in [0.3, 0.4) is 0 Å². The molecule has 5 nitrogen and oxygen atoms in total. The number of hydrogen-bond acceptors (Lipinski definition) is 5. The van der Waals surface area contributed by atoms with Crippen LogP contribution >= 0.6 is 0 Å². The Balaban J connectivity index is 0. The Morgan fingerprint density at radius 1 is 1.23 bits per heavy atom. The van der Waals surface area contributed by atoms with Gasteiger partial charge in [-0.15, -0.1) is 0 Å². The van der Waals surface area contributed by atoms with E-state index in [1.165, 1.54) is 6.42 Å². The zero-order valence-electron chi connectivity index (χ0n) is 8.87. The predicted molar refractivity (Wildman–Crippen MR) is 54.3 cm³/mol. The molecule has 0 fully saturated rings. The van der Waals surface area contributed by atoms with Crippen LogP contribution in [0.1, 0.15) is 34.1 Å². The van der Waals surface area contributed by atoms with Gasteiger partial charge in [0.15, 0.2) is 10.5 Å². The van der Waals surface area contributed by atoms with Gasteiger partial charge in [-0.3, -0.25) is 0 Å². The van der Waals surface area contributed by atoms with Gasteiger partial charge in [-0.2, -0.15) is 0 Å². The van der Waals surface area contributed by atoms with Crippen molar-refractivity contribution in [1.82, 2.24) is 0 Å². The van der Waals surface area contributed by atoms with Gasteiger partial charge in [-0.1, -0.05) is 34.1 Å². The average molecular weight is 228 g/mol. The molecular formula is C6H20O5Si2. The standard InChI is InChI=1S/C6H14.H6O5Si2/c1-5-6(2,3)4;1-7(2,3)5-4-6/h5H2,1-4H3;1-3H,6H3. The van der Waals surface area contributed by atoms with Crippen LogP contribution in [0.25, 0.3) is 0 Å². The molecule has 0 aromatic carbocycles. The summed E-state index contributed by atoms with van der Waals surface area (Å²) < 4.78 is 7.45. The van der Waals surface area contributed by atoms with Crippen molar-refractivity contribution in [3.8, 4) is 0 Å². The first-order valence-corrected chi connectivity index (χ1v) is 6.58. The highest BCUT2D eigenvalue weighted by atomic mass is 28.4. The van der Waals surface area contributed by atoms with Gasteiger partial charge in [0.2, 0.25) is 0 Å². The molecule has 0 rings (SSSR count). The lowest BCUT2D eigenvalue weighted by molar-refractivity contribution is -0.173. The Labute approximate surface area is 83.3 Å². The predicted octanol–water partition coefficient (Wildman–Crippen LogP) is -0.930. The summed E-state index contributed by atoms with van der Waals surface area (Å²) in [6, 6.07) is 0. The summed E-state index contributed by atoms with van der Waals surface area (Å²) in [6.45, 7) is 8.94. The normalized spacial score (nSPS) is 12.2.